The van der Waals surface area contributed by atoms with Gasteiger partial charge in [0, 0.05) is 13.1 Å². The van der Waals surface area contributed by atoms with Crippen LogP contribution in [0.25, 0.3) is 0 Å². The molecule has 2 rings (SSSR count). The summed E-state index contributed by atoms with van der Waals surface area (Å²) < 4.78 is 0. The van der Waals surface area contributed by atoms with Crippen LogP contribution in [0.5, 0.6) is 0 Å². The Kier molecular flexibility index (Phi) is 4.98. The number of rotatable bonds is 2. The maximum atomic E-state index is 9.16. The fourth-order valence-electron chi connectivity index (χ4n) is 3.11. The second-order valence-corrected chi connectivity index (χ2v) is 7.33. The zero-order valence-electron chi connectivity index (χ0n) is 12.8. The van der Waals surface area contributed by atoms with Gasteiger partial charge in [0.05, 0.1) is 17.3 Å². The van der Waals surface area contributed by atoms with Crippen LogP contribution in [0.15, 0.2) is 18.2 Å². The first-order chi connectivity index (χ1) is 9.41. The molecule has 112 valence electrons. The van der Waals surface area contributed by atoms with E-state index in [1.165, 1.54) is 19.3 Å². The summed E-state index contributed by atoms with van der Waals surface area (Å²) in [4.78, 5) is 2.40. The highest BCUT2D eigenvalue weighted by Crippen LogP contribution is 2.36. The molecule has 2 nitrogen and oxygen atoms in total. The minimum Gasteiger partial charge on any atom is -0.392 e. The number of nitrogens with zero attached hydrogens (tertiary/aromatic N) is 1. The molecular formula is C17H26ClNO. The number of aliphatic hydroxyl groups excluding tert-OH is 1. The number of hydrogen-bond acceptors (Lipinski definition) is 2. The first-order valence-corrected chi connectivity index (χ1v) is 7.94. The van der Waals surface area contributed by atoms with Crippen molar-refractivity contribution in [3.8, 4) is 0 Å². The fraction of sp³-hybridized carbons (Fsp3) is 0.647. The molecule has 0 spiro atoms. The molecule has 1 unspecified atom stereocenters. The van der Waals surface area contributed by atoms with Crippen molar-refractivity contribution in [2.75, 3.05) is 18.0 Å². The van der Waals surface area contributed by atoms with E-state index < -0.39 is 0 Å². The van der Waals surface area contributed by atoms with Crippen LogP contribution < -0.4 is 4.90 Å². The molecule has 1 heterocycles. The third-order valence-corrected chi connectivity index (χ3v) is 4.79. The van der Waals surface area contributed by atoms with Crippen LogP contribution in [0.3, 0.4) is 0 Å². The maximum Gasteiger partial charge on any atom is 0.0682 e. The van der Waals surface area contributed by atoms with Crippen molar-refractivity contribution in [2.45, 2.75) is 46.6 Å². The van der Waals surface area contributed by atoms with E-state index in [-0.39, 0.29) is 6.61 Å². The molecule has 0 bridgehead atoms. The standard InChI is InChI=1S/C17H26ClNO/c1-17(2,3)14-5-4-9-19(10-8-14)16-7-6-13(12-20)11-15(16)18/h6-7,11,14,20H,4-5,8-10,12H2,1-3H3. The van der Waals surface area contributed by atoms with E-state index in [1.807, 2.05) is 18.2 Å². The molecular weight excluding hydrogens is 270 g/mol. The molecule has 0 amide bonds. The molecule has 20 heavy (non-hydrogen) atoms. The van der Waals surface area contributed by atoms with Crippen molar-refractivity contribution in [1.82, 2.24) is 0 Å². The monoisotopic (exact) mass is 295 g/mol. The lowest BCUT2D eigenvalue weighted by Crippen LogP contribution is -2.26. The van der Waals surface area contributed by atoms with E-state index in [1.54, 1.807) is 0 Å². The smallest absolute Gasteiger partial charge is 0.0682 e. The predicted molar refractivity (Wildman–Crippen MR) is 86.4 cm³/mol. The highest BCUT2D eigenvalue weighted by Gasteiger charge is 2.27. The topological polar surface area (TPSA) is 23.5 Å². The highest BCUT2D eigenvalue weighted by molar-refractivity contribution is 6.33. The molecule has 0 saturated carbocycles. The predicted octanol–water partition coefficient (Wildman–Crippen LogP) is 4.48. The molecule has 0 radical (unpaired) electrons. The van der Waals surface area contributed by atoms with Crippen molar-refractivity contribution in [1.29, 1.82) is 0 Å². The Hall–Kier alpha value is -0.730. The fourth-order valence-corrected chi connectivity index (χ4v) is 3.43. The van der Waals surface area contributed by atoms with Gasteiger partial charge in [-0.1, -0.05) is 38.4 Å². The zero-order chi connectivity index (χ0) is 14.8. The van der Waals surface area contributed by atoms with Gasteiger partial charge in [0.25, 0.3) is 0 Å². The zero-order valence-corrected chi connectivity index (χ0v) is 13.6. The Bertz CT molecular complexity index is 453. The summed E-state index contributed by atoms with van der Waals surface area (Å²) in [5.41, 5.74) is 2.38. The summed E-state index contributed by atoms with van der Waals surface area (Å²) in [7, 11) is 0. The first kappa shape index (κ1) is 15.7. The van der Waals surface area contributed by atoms with Crippen molar-refractivity contribution >= 4 is 17.3 Å². The van der Waals surface area contributed by atoms with Gasteiger partial charge in [0.15, 0.2) is 0 Å². The Labute approximate surface area is 127 Å². The Balaban J connectivity index is 2.11. The Morgan fingerprint density at radius 1 is 1.25 bits per heavy atom. The van der Waals surface area contributed by atoms with E-state index in [2.05, 4.69) is 25.7 Å². The molecule has 1 fully saturated rings. The average Bonchev–Trinajstić information content (AvgIpc) is 2.63. The number of aliphatic hydroxyl groups is 1. The second-order valence-electron chi connectivity index (χ2n) is 6.92. The Morgan fingerprint density at radius 3 is 2.60 bits per heavy atom. The molecule has 0 aromatic heterocycles. The summed E-state index contributed by atoms with van der Waals surface area (Å²) in [6.07, 6.45) is 3.74. The third kappa shape index (κ3) is 3.67. The third-order valence-electron chi connectivity index (χ3n) is 4.49. The van der Waals surface area contributed by atoms with Crippen LogP contribution in [0.2, 0.25) is 5.02 Å². The van der Waals surface area contributed by atoms with Crippen LogP contribution >= 0.6 is 11.6 Å². The van der Waals surface area contributed by atoms with Crippen molar-refractivity contribution in [3.63, 3.8) is 0 Å². The number of benzene rings is 1. The minimum atomic E-state index is 0.0477. The van der Waals surface area contributed by atoms with Gasteiger partial charge in [-0.25, -0.2) is 0 Å². The number of halogens is 1. The van der Waals surface area contributed by atoms with E-state index in [4.69, 9.17) is 16.7 Å². The Morgan fingerprint density at radius 2 is 2.00 bits per heavy atom. The second kappa shape index (κ2) is 6.36. The first-order valence-electron chi connectivity index (χ1n) is 7.56. The maximum absolute atomic E-state index is 9.16. The van der Waals surface area contributed by atoms with E-state index in [0.717, 1.165) is 35.3 Å². The van der Waals surface area contributed by atoms with Crippen LogP contribution in [0, 0.1) is 11.3 Å². The van der Waals surface area contributed by atoms with Gasteiger partial charge in [-0.05, 0) is 48.3 Å². The van der Waals surface area contributed by atoms with E-state index in [0.29, 0.717) is 5.41 Å². The SMILES string of the molecule is CC(C)(C)C1CCCN(c2ccc(CO)cc2Cl)CC1. The summed E-state index contributed by atoms with van der Waals surface area (Å²) in [5, 5.41) is 9.92. The van der Waals surface area contributed by atoms with Crippen LogP contribution in [0.4, 0.5) is 5.69 Å². The average molecular weight is 296 g/mol. The lowest BCUT2D eigenvalue weighted by Gasteiger charge is -2.30. The lowest BCUT2D eigenvalue weighted by molar-refractivity contribution is 0.220. The molecule has 1 aromatic carbocycles. The summed E-state index contributed by atoms with van der Waals surface area (Å²) >= 11 is 6.37. The molecule has 1 atom stereocenters. The normalized spacial score (nSPS) is 20.9. The van der Waals surface area contributed by atoms with Crippen LogP contribution in [-0.4, -0.2) is 18.2 Å². The summed E-state index contributed by atoms with van der Waals surface area (Å²) in [6.45, 7) is 9.22. The lowest BCUT2D eigenvalue weighted by atomic mass is 9.77. The minimum absolute atomic E-state index is 0.0477. The quantitative estimate of drug-likeness (QED) is 0.869. The van der Waals surface area contributed by atoms with Gasteiger partial charge in [0.1, 0.15) is 0 Å². The van der Waals surface area contributed by atoms with Gasteiger partial charge < -0.3 is 10.0 Å². The number of hydrogen-bond donors (Lipinski definition) is 1. The highest BCUT2D eigenvalue weighted by atomic mass is 35.5. The molecule has 1 aliphatic rings. The van der Waals surface area contributed by atoms with Gasteiger partial charge in [-0.15, -0.1) is 0 Å². The molecule has 0 aliphatic carbocycles. The molecule has 1 N–H and O–H groups in total. The summed E-state index contributed by atoms with van der Waals surface area (Å²) in [6, 6.07) is 5.89. The summed E-state index contributed by atoms with van der Waals surface area (Å²) in [5.74, 6) is 0.781. The largest absolute Gasteiger partial charge is 0.392 e. The van der Waals surface area contributed by atoms with Crippen molar-refractivity contribution in [3.05, 3.63) is 28.8 Å². The van der Waals surface area contributed by atoms with Crippen molar-refractivity contribution < 1.29 is 5.11 Å². The van der Waals surface area contributed by atoms with E-state index >= 15 is 0 Å². The van der Waals surface area contributed by atoms with E-state index in [9.17, 15) is 0 Å². The molecule has 1 saturated heterocycles. The number of anilines is 1. The van der Waals surface area contributed by atoms with Gasteiger partial charge in [-0.3, -0.25) is 0 Å². The van der Waals surface area contributed by atoms with Crippen molar-refractivity contribution in [2.24, 2.45) is 11.3 Å². The van der Waals surface area contributed by atoms with Gasteiger partial charge in [0.2, 0.25) is 0 Å². The molecule has 1 aliphatic heterocycles. The van der Waals surface area contributed by atoms with Gasteiger partial charge >= 0.3 is 0 Å². The van der Waals surface area contributed by atoms with Gasteiger partial charge in [-0.2, -0.15) is 0 Å². The molecule has 1 aromatic rings. The molecule has 3 heteroatoms. The van der Waals surface area contributed by atoms with Crippen LogP contribution in [-0.2, 0) is 6.61 Å². The van der Waals surface area contributed by atoms with Crippen LogP contribution in [0.1, 0.15) is 45.6 Å².